The third kappa shape index (κ3) is 4.26. The first kappa shape index (κ1) is 20.6. The van der Waals surface area contributed by atoms with Gasteiger partial charge in [-0.05, 0) is 48.8 Å². The zero-order chi connectivity index (χ0) is 21.0. The lowest BCUT2D eigenvalue weighted by Gasteiger charge is -2.41. The summed E-state index contributed by atoms with van der Waals surface area (Å²) in [7, 11) is 1.70. The summed E-state index contributed by atoms with van der Waals surface area (Å²) >= 11 is 0. The van der Waals surface area contributed by atoms with E-state index < -0.39 is 5.41 Å². The Hall–Kier alpha value is -2.66. The predicted octanol–water partition coefficient (Wildman–Crippen LogP) is 3.43. The third-order valence-electron chi connectivity index (χ3n) is 6.52. The zero-order valence-electron chi connectivity index (χ0n) is 17.6. The second-order valence-electron chi connectivity index (χ2n) is 8.43. The quantitative estimate of drug-likeness (QED) is 0.828. The number of nitrogens with zero attached hydrogens (tertiary/aromatic N) is 1. The summed E-state index contributed by atoms with van der Waals surface area (Å²) in [4.78, 5) is 27.5. The summed E-state index contributed by atoms with van der Waals surface area (Å²) in [6.45, 7) is 1.87. The van der Waals surface area contributed by atoms with Crippen molar-refractivity contribution in [2.45, 2.75) is 38.2 Å². The minimum absolute atomic E-state index is 0.0665. The highest BCUT2D eigenvalue weighted by Gasteiger charge is 2.43. The molecule has 5 heteroatoms. The number of ether oxygens (including phenoxy) is 1. The summed E-state index contributed by atoms with van der Waals surface area (Å²) < 4.78 is 5.57. The summed E-state index contributed by atoms with van der Waals surface area (Å²) in [5.41, 5.74) is 2.99. The van der Waals surface area contributed by atoms with Crippen LogP contribution in [-0.4, -0.2) is 49.6 Å². The van der Waals surface area contributed by atoms with Crippen molar-refractivity contribution in [3.63, 3.8) is 0 Å². The molecule has 2 aliphatic rings. The molecule has 0 aromatic heterocycles. The predicted molar refractivity (Wildman–Crippen MR) is 117 cm³/mol. The monoisotopic (exact) mass is 406 g/mol. The van der Waals surface area contributed by atoms with Gasteiger partial charge in [0.1, 0.15) is 6.10 Å². The van der Waals surface area contributed by atoms with Gasteiger partial charge < -0.3 is 15.0 Å². The SMILES string of the molecule is CNC(=O)C1(Cc2cccc(-c3ccccc3)c2)CCN(C(=O)C2CCCO2)CC1. The van der Waals surface area contributed by atoms with Crippen molar-refractivity contribution in [3.05, 3.63) is 60.2 Å². The number of amides is 2. The topological polar surface area (TPSA) is 58.6 Å². The molecule has 2 heterocycles. The molecule has 0 saturated carbocycles. The van der Waals surface area contributed by atoms with Crippen LogP contribution in [0.4, 0.5) is 0 Å². The minimum atomic E-state index is -0.489. The van der Waals surface area contributed by atoms with Gasteiger partial charge in [-0.15, -0.1) is 0 Å². The fourth-order valence-electron chi connectivity index (χ4n) is 4.76. The van der Waals surface area contributed by atoms with Gasteiger partial charge in [0.25, 0.3) is 5.91 Å². The molecular formula is C25H30N2O3. The van der Waals surface area contributed by atoms with E-state index in [1.165, 1.54) is 5.56 Å². The number of likely N-dealkylation sites (tertiary alicyclic amines) is 1. The fraction of sp³-hybridized carbons (Fsp3) is 0.440. The van der Waals surface area contributed by atoms with Gasteiger partial charge in [0.15, 0.2) is 0 Å². The molecule has 4 rings (SSSR count). The molecule has 0 radical (unpaired) electrons. The van der Waals surface area contributed by atoms with Crippen LogP contribution in [0.5, 0.6) is 0 Å². The van der Waals surface area contributed by atoms with Gasteiger partial charge in [-0.3, -0.25) is 9.59 Å². The van der Waals surface area contributed by atoms with Crippen molar-refractivity contribution >= 4 is 11.8 Å². The normalized spacial score (nSPS) is 20.7. The Morgan fingerprint density at radius 1 is 1.07 bits per heavy atom. The van der Waals surface area contributed by atoms with Gasteiger partial charge in [0.2, 0.25) is 5.91 Å². The highest BCUT2D eigenvalue weighted by molar-refractivity contribution is 5.84. The number of carbonyl (C=O) groups is 2. The minimum Gasteiger partial charge on any atom is -0.368 e. The lowest BCUT2D eigenvalue weighted by atomic mass is 9.72. The maximum Gasteiger partial charge on any atom is 0.251 e. The average molecular weight is 407 g/mol. The van der Waals surface area contributed by atoms with Gasteiger partial charge in [0, 0.05) is 26.7 Å². The molecule has 2 aliphatic heterocycles. The van der Waals surface area contributed by atoms with Crippen LogP contribution in [0, 0.1) is 5.41 Å². The lowest BCUT2D eigenvalue weighted by Crippen LogP contribution is -2.52. The van der Waals surface area contributed by atoms with E-state index in [0.717, 1.165) is 24.0 Å². The van der Waals surface area contributed by atoms with Gasteiger partial charge in [-0.25, -0.2) is 0 Å². The molecule has 2 aromatic rings. The summed E-state index contributed by atoms with van der Waals surface area (Å²) in [5, 5.41) is 2.87. The van der Waals surface area contributed by atoms with Crippen LogP contribution in [0.1, 0.15) is 31.2 Å². The second-order valence-corrected chi connectivity index (χ2v) is 8.43. The summed E-state index contributed by atoms with van der Waals surface area (Å²) in [6.07, 6.45) is 3.48. The molecule has 0 spiro atoms. The maximum atomic E-state index is 12.9. The van der Waals surface area contributed by atoms with E-state index in [2.05, 4.69) is 41.7 Å². The van der Waals surface area contributed by atoms with Crippen LogP contribution < -0.4 is 5.32 Å². The van der Waals surface area contributed by atoms with E-state index in [0.29, 0.717) is 39.0 Å². The Balaban J connectivity index is 1.50. The van der Waals surface area contributed by atoms with E-state index in [-0.39, 0.29) is 17.9 Å². The molecular weight excluding hydrogens is 376 g/mol. The molecule has 0 bridgehead atoms. The largest absolute Gasteiger partial charge is 0.368 e. The van der Waals surface area contributed by atoms with Crippen molar-refractivity contribution < 1.29 is 14.3 Å². The molecule has 5 nitrogen and oxygen atoms in total. The van der Waals surface area contributed by atoms with Crippen molar-refractivity contribution in [3.8, 4) is 11.1 Å². The highest BCUT2D eigenvalue weighted by atomic mass is 16.5. The molecule has 30 heavy (non-hydrogen) atoms. The number of nitrogens with one attached hydrogen (secondary N) is 1. The number of hydrogen-bond acceptors (Lipinski definition) is 3. The van der Waals surface area contributed by atoms with Crippen molar-refractivity contribution in [2.75, 3.05) is 26.7 Å². The maximum absolute atomic E-state index is 12.9. The first-order valence-electron chi connectivity index (χ1n) is 10.9. The molecule has 1 unspecified atom stereocenters. The van der Waals surface area contributed by atoms with Crippen molar-refractivity contribution in [1.82, 2.24) is 10.2 Å². The average Bonchev–Trinajstić information content (AvgIpc) is 3.34. The van der Waals surface area contributed by atoms with E-state index in [4.69, 9.17) is 4.74 Å². The Bertz CT molecular complexity index is 882. The van der Waals surface area contributed by atoms with Gasteiger partial charge >= 0.3 is 0 Å². The van der Waals surface area contributed by atoms with Crippen LogP contribution in [0.25, 0.3) is 11.1 Å². The number of carbonyl (C=O) groups excluding carboxylic acids is 2. The van der Waals surface area contributed by atoms with E-state index in [9.17, 15) is 9.59 Å². The molecule has 2 aromatic carbocycles. The van der Waals surface area contributed by atoms with E-state index in [1.54, 1.807) is 7.05 Å². The Labute approximate surface area is 178 Å². The zero-order valence-corrected chi connectivity index (χ0v) is 17.6. The molecule has 2 amide bonds. The molecule has 0 aliphatic carbocycles. The van der Waals surface area contributed by atoms with Crippen LogP contribution >= 0.6 is 0 Å². The Morgan fingerprint density at radius 2 is 1.80 bits per heavy atom. The first-order chi connectivity index (χ1) is 14.6. The van der Waals surface area contributed by atoms with Crippen LogP contribution in [0.2, 0.25) is 0 Å². The Kier molecular flexibility index (Phi) is 6.18. The smallest absolute Gasteiger partial charge is 0.251 e. The summed E-state index contributed by atoms with van der Waals surface area (Å²) in [6, 6.07) is 18.7. The number of rotatable bonds is 5. The fourth-order valence-corrected chi connectivity index (χ4v) is 4.76. The lowest BCUT2D eigenvalue weighted by molar-refractivity contribution is -0.146. The molecule has 158 valence electrons. The van der Waals surface area contributed by atoms with Crippen molar-refractivity contribution in [1.29, 1.82) is 0 Å². The molecule has 2 fully saturated rings. The van der Waals surface area contributed by atoms with Crippen molar-refractivity contribution in [2.24, 2.45) is 5.41 Å². The molecule has 1 atom stereocenters. The first-order valence-corrected chi connectivity index (χ1v) is 10.9. The third-order valence-corrected chi connectivity index (χ3v) is 6.52. The van der Waals surface area contributed by atoms with Gasteiger partial charge in [-0.2, -0.15) is 0 Å². The second kappa shape index (κ2) is 9.00. The standard InChI is InChI=1S/C25H30N2O3/c1-26-24(29)25(12-14-27(15-13-25)23(28)22-11-6-16-30-22)18-19-7-5-10-21(17-19)20-8-3-2-4-9-20/h2-5,7-10,17,22H,6,11-16,18H2,1H3,(H,26,29). The number of hydrogen-bond donors (Lipinski definition) is 1. The molecule has 1 N–H and O–H groups in total. The summed E-state index contributed by atoms with van der Waals surface area (Å²) in [5.74, 6) is 0.154. The van der Waals surface area contributed by atoms with Gasteiger partial charge in [0.05, 0.1) is 5.41 Å². The molecule has 2 saturated heterocycles. The number of piperidine rings is 1. The van der Waals surface area contributed by atoms with E-state index in [1.807, 2.05) is 23.1 Å². The van der Waals surface area contributed by atoms with Crippen LogP contribution in [0.3, 0.4) is 0 Å². The van der Waals surface area contributed by atoms with Crippen LogP contribution in [0.15, 0.2) is 54.6 Å². The Morgan fingerprint density at radius 3 is 2.47 bits per heavy atom. The highest BCUT2D eigenvalue weighted by Crippen LogP contribution is 2.37. The van der Waals surface area contributed by atoms with E-state index >= 15 is 0 Å². The number of benzene rings is 2. The van der Waals surface area contributed by atoms with Gasteiger partial charge in [-0.1, -0.05) is 54.6 Å². The van der Waals surface area contributed by atoms with Crippen LogP contribution in [-0.2, 0) is 20.7 Å².